The van der Waals surface area contributed by atoms with Gasteiger partial charge in [-0.25, -0.2) is 9.37 Å². The minimum atomic E-state index is -0.894. The van der Waals surface area contributed by atoms with Gasteiger partial charge in [0.1, 0.15) is 18.0 Å². The number of hydrogen-bond acceptors (Lipinski definition) is 5. The van der Waals surface area contributed by atoms with Gasteiger partial charge in [0.05, 0.1) is 0 Å². The normalized spacial score (nSPS) is 22.1. The van der Waals surface area contributed by atoms with Crippen LogP contribution in [0.1, 0.15) is 79.4 Å². The molecule has 6 nitrogen and oxygen atoms in total. The lowest BCUT2D eigenvalue weighted by atomic mass is 9.97. The summed E-state index contributed by atoms with van der Waals surface area (Å²) in [7, 11) is 0. The quantitative estimate of drug-likeness (QED) is 0.485. The summed E-state index contributed by atoms with van der Waals surface area (Å²) in [4.78, 5) is 23.4. The average molecular weight is 467 g/mol. The monoisotopic (exact) mass is 466 g/mol. The van der Waals surface area contributed by atoms with Gasteiger partial charge in [0.25, 0.3) is 0 Å². The Hall–Kier alpha value is -2.54. The highest BCUT2D eigenvalue weighted by molar-refractivity contribution is 5.76. The van der Waals surface area contributed by atoms with E-state index in [1.54, 1.807) is 6.20 Å². The molecule has 0 bridgehead atoms. The summed E-state index contributed by atoms with van der Waals surface area (Å²) in [5.74, 6) is 0.433. The topological polar surface area (TPSA) is 78.3 Å². The number of anilines is 1. The maximum atomic E-state index is 15.1. The van der Waals surface area contributed by atoms with Gasteiger partial charge in [0.15, 0.2) is 0 Å². The summed E-state index contributed by atoms with van der Waals surface area (Å²) in [5.41, 5.74) is 4.07. The first-order valence-corrected chi connectivity index (χ1v) is 12.9. The maximum absolute atomic E-state index is 15.1. The Kier molecular flexibility index (Phi) is 7.09. The van der Waals surface area contributed by atoms with Crippen molar-refractivity contribution in [3.8, 4) is 0 Å². The van der Waals surface area contributed by atoms with Crippen molar-refractivity contribution >= 4 is 11.8 Å². The van der Waals surface area contributed by atoms with E-state index in [1.165, 1.54) is 5.56 Å². The SMILES string of the molecule is O=C(O)[C@H](c1cccnc1C1CC1)N1CC[C@@H]([C@H](F)CCCCc2ccc3c(n2)NCCC3)C1. The van der Waals surface area contributed by atoms with Crippen molar-refractivity contribution in [2.24, 2.45) is 5.92 Å². The second kappa shape index (κ2) is 10.4. The third-order valence-corrected chi connectivity index (χ3v) is 7.61. The van der Waals surface area contributed by atoms with E-state index >= 15 is 4.39 Å². The van der Waals surface area contributed by atoms with Crippen LogP contribution in [-0.4, -0.2) is 51.7 Å². The fourth-order valence-electron chi connectivity index (χ4n) is 5.58. The molecule has 0 aromatic carbocycles. The molecular weight excluding hydrogens is 431 g/mol. The summed E-state index contributed by atoms with van der Waals surface area (Å²) in [6, 6.07) is 7.25. The number of aryl methyl sites for hydroxylation is 2. The van der Waals surface area contributed by atoms with E-state index in [4.69, 9.17) is 4.98 Å². The molecule has 0 unspecified atom stereocenters. The van der Waals surface area contributed by atoms with E-state index in [1.807, 2.05) is 17.0 Å². The van der Waals surface area contributed by atoms with Gasteiger partial charge in [-0.05, 0) is 75.6 Å². The third kappa shape index (κ3) is 5.24. The van der Waals surface area contributed by atoms with Crippen molar-refractivity contribution in [3.63, 3.8) is 0 Å². The standard InChI is InChI=1S/C27H35FN4O2/c28-23(8-2-1-6-21-12-11-19-5-3-15-30-26(19)31-21)20-13-16-32(17-20)25(27(33)34)22-7-4-14-29-24(22)18-9-10-18/h4,7,11-12,14,18,20,23,25H,1-3,5-6,8-10,13,15-17H2,(H,30,31)(H,33,34)/t20-,23-,25+/m1/s1. The highest BCUT2D eigenvalue weighted by Crippen LogP contribution is 2.43. The van der Waals surface area contributed by atoms with Crippen molar-refractivity contribution in [2.45, 2.75) is 75.9 Å². The Balaban J connectivity index is 1.12. The molecule has 1 saturated carbocycles. The largest absolute Gasteiger partial charge is 0.480 e. The average Bonchev–Trinajstić information content (AvgIpc) is 3.59. The molecular formula is C27H35FN4O2. The van der Waals surface area contributed by atoms with Crippen LogP contribution in [0.3, 0.4) is 0 Å². The molecule has 5 rings (SSSR count). The van der Waals surface area contributed by atoms with E-state index in [9.17, 15) is 9.90 Å². The lowest BCUT2D eigenvalue weighted by Gasteiger charge is -2.26. The number of halogens is 1. The van der Waals surface area contributed by atoms with E-state index in [2.05, 4.69) is 22.4 Å². The molecule has 2 aliphatic heterocycles. The van der Waals surface area contributed by atoms with Crippen LogP contribution in [-0.2, 0) is 17.6 Å². The molecule has 3 atom stereocenters. The van der Waals surface area contributed by atoms with Crippen LogP contribution in [0.2, 0.25) is 0 Å². The summed E-state index contributed by atoms with van der Waals surface area (Å²) in [6.07, 6.45) is 9.08. The number of nitrogens with one attached hydrogen (secondary N) is 1. The number of carbonyl (C=O) groups is 1. The number of carboxylic acids is 1. The van der Waals surface area contributed by atoms with Gasteiger partial charge in [-0.1, -0.05) is 18.6 Å². The van der Waals surface area contributed by atoms with Gasteiger partial charge in [0.2, 0.25) is 0 Å². The lowest BCUT2D eigenvalue weighted by molar-refractivity contribution is -0.143. The van der Waals surface area contributed by atoms with Crippen molar-refractivity contribution in [1.82, 2.24) is 14.9 Å². The Labute approximate surface area is 201 Å². The molecule has 3 aliphatic rings. The van der Waals surface area contributed by atoms with Gasteiger partial charge in [-0.15, -0.1) is 0 Å². The molecule has 1 aliphatic carbocycles. The minimum Gasteiger partial charge on any atom is -0.480 e. The molecule has 7 heteroatoms. The molecule has 0 amide bonds. The smallest absolute Gasteiger partial charge is 0.325 e. The molecule has 1 saturated heterocycles. The van der Waals surface area contributed by atoms with Crippen LogP contribution in [0.15, 0.2) is 30.5 Å². The first kappa shape index (κ1) is 23.2. The lowest BCUT2D eigenvalue weighted by Crippen LogP contribution is -2.34. The number of hydrogen-bond donors (Lipinski definition) is 2. The molecule has 0 radical (unpaired) electrons. The number of aromatic nitrogens is 2. The predicted molar refractivity (Wildman–Crippen MR) is 130 cm³/mol. The Morgan fingerprint density at radius 3 is 2.94 bits per heavy atom. The van der Waals surface area contributed by atoms with Crippen molar-refractivity contribution < 1.29 is 14.3 Å². The first-order chi connectivity index (χ1) is 16.6. The van der Waals surface area contributed by atoms with E-state index in [0.29, 0.717) is 31.8 Å². The maximum Gasteiger partial charge on any atom is 0.325 e. The number of aliphatic carboxylic acids is 1. The summed E-state index contributed by atoms with van der Waals surface area (Å²) >= 11 is 0. The van der Waals surface area contributed by atoms with Crippen LogP contribution < -0.4 is 5.32 Å². The molecule has 2 fully saturated rings. The second-order valence-electron chi connectivity index (χ2n) is 10.1. The number of unbranched alkanes of at least 4 members (excludes halogenated alkanes) is 1. The number of alkyl halides is 1. The number of carboxylic acid groups (broad SMARTS) is 1. The fraction of sp³-hybridized carbons (Fsp3) is 0.593. The second-order valence-corrected chi connectivity index (χ2v) is 10.1. The molecule has 2 N–H and O–H groups in total. The minimum absolute atomic E-state index is 0.103. The molecule has 2 aromatic heterocycles. The molecule has 34 heavy (non-hydrogen) atoms. The van der Waals surface area contributed by atoms with Gasteiger partial charge >= 0.3 is 5.97 Å². The summed E-state index contributed by atoms with van der Waals surface area (Å²) in [6.45, 7) is 2.10. The Morgan fingerprint density at radius 2 is 2.12 bits per heavy atom. The molecule has 0 spiro atoms. The van der Waals surface area contributed by atoms with Crippen LogP contribution in [0.4, 0.5) is 10.2 Å². The fourth-order valence-corrected chi connectivity index (χ4v) is 5.58. The van der Waals surface area contributed by atoms with Gasteiger partial charge < -0.3 is 10.4 Å². The summed E-state index contributed by atoms with van der Waals surface area (Å²) in [5, 5.41) is 13.4. The Bertz CT molecular complexity index is 1010. The first-order valence-electron chi connectivity index (χ1n) is 12.9. The van der Waals surface area contributed by atoms with Crippen molar-refractivity contribution in [3.05, 3.63) is 53.0 Å². The summed E-state index contributed by atoms with van der Waals surface area (Å²) < 4.78 is 15.1. The van der Waals surface area contributed by atoms with Crippen LogP contribution >= 0.6 is 0 Å². The highest BCUT2D eigenvalue weighted by atomic mass is 19.1. The number of nitrogens with zero attached hydrogens (tertiary/aromatic N) is 3. The number of pyridine rings is 2. The zero-order valence-electron chi connectivity index (χ0n) is 19.8. The highest BCUT2D eigenvalue weighted by Gasteiger charge is 2.39. The third-order valence-electron chi connectivity index (χ3n) is 7.61. The van der Waals surface area contributed by atoms with Gasteiger partial charge in [-0.3, -0.25) is 14.7 Å². The van der Waals surface area contributed by atoms with Gasteiger partial charge in [0, 0.05) is 48.1 Å². The van der Waals surface area contributed by atoms with Crippen LogP contribution in [0.25, 0.3) is 0 Å². The van der Waals surface area contributed by atoms with Gasteiger partial charge in [-0.2, -0.15) is 0 Å². The zero-order chi connectivity index (χ0) is 23.5. The number of fused-ring (bicyclic) bond motifs is 1. The van der Waals surface area contributed by atoms with E-state index in [0.717, 1.165) is 74.3 Å². The molecule has 4 heterocycles. The number of rotatable bonds is 10. The van der Waals surface area contributed by atoms with Crippen LogP contribution in [0, 0.1) is 5.92 Å². The van der Waals surface area contributed by atoms with Crippen molar-refractivity contribution in [2.75, 3.05) is 25.0 Å². The number of likely N-dealkylation sites (tertiary alicyclic amines) is 1. The Morgan fingerprint density at radius 1 is 1.24 bits per heavy atom. The zero-order valence-corrected chi connectivity index (χ0v) is 19.8. The van der Waals surface area contributed by atoms with Crippen molar-refractivity contribution in [1.29, 1.82) is 0 Å². The molecule has 182 valence electrons. The predicted octanol–water partition coefficient (Wildman–Crippen LogP) is 4.91. The van der Waals surface area contributed by atoms with E-state index in [-0.39, 0.29) is 5.92 Å². The molecule has 2 aromatic rings. The van der Waals surface area contributed by atoms with E-state index < -0.39 is 18.2 Å². The van der Waals surface area contributed by atoms with Crippen LogP contribution in [0.5, 0.6) is 0 Å².